The van der Waals surface area contributed by atoms with Crippen molar-refractivity contribution in [3.63, 3.8) is 0 Å². The first-order valence-corrected chi connectivity index (χ1v) is 27.7. The van der Waals surface area contributed by atoms with E-state index in [0.717, 1.165) is 19.5 Å². The number of rotatable bonds is 26. The molecule has 1 aromatic carbocycles. The monoisotopic (exact) mass is 1110 g/mol. The number of carboxylic acids is 1. The minimum Gasteiger partial charge on any atom is -0.492 e. The lowest BCUT2D eigenvalue weighted by atomic mass is 9.94. The van der Waals surface area contributed by atoms with Crippen LogP contribution in [0.5, 0.6) is 5.75 Å². The number of aliphatic imine (C=N–C) groups is 1. The summed E-state index contributed by atoms with van der Waals surface area (Å²) in [5.74, 6) is -3.44. The smallest absolute Gasteiger partial charge is 0.407 e. The molecular formula is C51H86N10O15S. The lowest BCUT2D eigenvalue weighted by Gasteiger charge is -2.34. The Kier molecular flexibility index (Phi) is 25.8. The van der Waals surface area contributed by atoms with E-state index in [9.17, 15) is 47.1 Å². The maximum Gasteiger partial charge on any atom is 0.407 e. The largest absolute Gasteiger partial charge is 0.492 e. The quantitative estimate of drug-likeness (QED) is 0.0388. The van der Waals surface area contributed by atoms with Crippen molar-refractivity contribution >= 4 is 57.8 Å². The number of nitrogens with zero attached hydrogens (tertiary/aromatic N) is 4. The highest BCUT2D eigenvalue weighted by Gasteiger charge is 2.34. The van der Waals surface area contributed by atoms with Crippen LogP contribution in [-0.4, -0.2) is 215 Å². The van der Waals surface area contributed by atoms with Gasteiger partial charge in [-0.25, -0.2) is 13.2 Å². The van der Waals surface area contributed by atoms with E-state index in [1.807, 2.05) is 19.4 Å². The highest BCUT2D eigenvalue weighted by atomic mass is 32.2. The number of carbonyl (C=O) groups is 7. The summed E-state index contributed by atoms with van der Waals surface area (Å²) in [4.78, 5) is 101. The zero-order valence-electron chi connectivity index (χ0n) is 47.0. The molecule has 0 spiro atoms. The number of amides is 3. The second kappa shape index (κ2) is 30.4. The van der Waals surface area contributed by atoms with Crippen LogP contribution in [0, 0.1) is 5.41 Å². The molecule has 3 rings (SSSR count). The van der Waals surface area contributed by atoms with Crippen LogP contribution in [0.4, 0.5) is 4.79 Å². The second-order valence-corrected chi connectivity index (χ2v) is 24.5. The van der Waals surface area contributed by atoms with E-state index in [1.54, 1.807) is 88.3 Å². The lowest BCUT2D eigenvalue weighted by Crippen LogP contribution is -2.49. The fourth-order valence-electron chi connectivity index (χ4n) is 7.51. The summed E-state index contributed by atoms with van der Waals surface area (Å²) in [5, 5.41) is 23.6. The Hall–Kier alpha value is -5.83. The van der Waals surface area contributed by atoms with Crippen molar-refractivity contribution in [1.82, 2.24) is 46.0 Å². The van der Waals surface area contributed by atoms with Gasteiger partial charge in [-0.1, -0.05) is 13.8 Å². The Balaban J connectivity index is 1.50. The van der Waals surface area contributed by atoms with Gasteiger partial charge in [-0.15, -0.1) is 0 Å². The Morgan fingerprint density at radius 1 is 0.753 bits per heavy atom. The van der Waals surface area contributed by atoms with E-state index in [4.69, 9.17) is 23.7 Å². The van der Waals surface area contributed by atoms with E-state index >= 15 is 0 Å². The predicted octanol–water partition coefficient (Wildman–Crippen LogP) is 1.07. The molecule has 436 valence electrons. The molecule has 1 saturated heterocycles. The molecule has 2 aliphatic rings. The molecule has 0 saturated carbocycles. The third-order valence-corrected chi connectivity index (χ3v) is 12.6. The normalized spacial score (nSPS) is 16.3. The van der Waals surface area contributed by atoms with Crippen molar-refractivity contribution in [2.24, 2.45) is 10.4 Å². The molecule has 2 aliphatic heterocycles. The molecule has 26 heteroatoms. The molecule has 3 amide bonds. The van der Waals surface area contributed by atoms with Crippen molar-refractivity contribution in [3.05, 3.63) is 29.8 Å². The van der Waals surface area contributed by atoms with Gasteiger partial charge in [0.1, 0.15) is 41.2 Å². The number of aliphatic carboxylic acids is 1. The summed E-state index contributed by atoms with van der Waals surface area (Å²) >= 11 is 0. The molecule has 0 bridgehead atoms. The number of benzene rings is 1. The summed E-state index contributed by atoms with van der Waals surface area (Å²) in [6, 6.07) is 3.52. The number of guanidine groups is 1. The first-order valence-electron chi connectivity index (χ1n) is 26.1. The molecule has 1 fully saturated rings. The molecule has 0 aromatic heterocycles. The fourth-order valence-corrected chi connectivity index (χ4v) is 8.61. The van der Waals surface area contributed by atoms with Gasteiger partial charge in [-0.2, -0.15) is 4.72 Å². The van der Waals surface area contributed by atoms with Gasteiger partial charge in [-0.3, -0.25) is 48.5 Å². The van der Waals surface area contributed by atoms with Crippen LogP contribution in [0.15, 0.2) is 29.3 Å². The number of carboxylic acid groups (broad SMARTS) is 1. The standard InChI is InChI=1S/C51H86N10O15S/c1-48(2,3)74-41(63)32-59-23-24-60(33-42(64)75-49(4,5)6)26-28-61(27-25-59)39(45(68)76-50(7,8)9)17-18-40(62)57-34-51(10,11)35-73-47(69)55-22-30-77(70,71)58-38(44(66)67)31-56-43(65)36-13-15-37(16-14-36)72-29-21-54-46-52-19-12-20-53-46/h13-16,38-39,58H,12,17-35H2,1-11H3,(H,55,69)(H,56,65)(H,57,62)(H,66,67)(H2,52,53,54). The fraction of sp³-hybridized carbons (Fsp3) is 0.725. The number of sulfonamides is 1. The van der Waals surface area contributed by atoms with Crippen LogP contribution in [-0.2, 0) is 52.9 Å². The molecule has 7 N–H and O–H groups in total. The number of alkyl carbamates (subject to hydrolysis) is 1. The average Bonchev–Trinajstić information content (AvgIpc) is 3.39. The molecule has 2 unspecified atom stereocenters. The summed E-state index contributed by atoms with van der Waals surface area (Å²) in [7, 11) is -4.29. The Morgan fingerprint density at radius 2 is 1.32 bits per heavy atom. The molecule has 0 radical (unpaired) electrons. The van der Waals surface area contributed by atoms with Gasteiger partial charge >= 0.3 is 30.0 Å². The van der Waals surface area contributed by atoms with Crippen LogP contribution in [0.25, 0.3) is 0 Å². The highest BCUT2D eigenvalue weighted by Crippen LogP contribution is 2.19. The van der Waals surface area contributed by atoms with Crippen molar-refractivity contribution < 1.29 is 70.8 Å². The van der Waals surface area contributed by atoms with Crippen LogP contribution < -0.4 is 36.0 Å². The van der Waals surface area contributed by atoms with Gasteiger partial charge < -0.3 is 55.4 Å². The van der Waals surface area contributed by atoms with Crippen molar-refractivity contribution in [2.75, 3.05) is 111 Å². The zero-order chi connectivity index (χ0) is 57.6. The van der Waals surface area contributed by atoms with Gasteiger partial charge in [0.2, 0.25) is 15.9 Å². The van der Waals surface area contributed by atoms with Crippen LogP contribution in [0.1, 0.15) is 106 Å². The summed E-state index contributed by atoms with van der Waals surface area (Å²) < 4.78 is 55.7. The third-order valence-electron chi connectivity index (χ3n) is 11.2. The van der Waals surface area contributed by atoms with Crippen molar-refractivity contribution in [2.45, 2.75) is 124 Å². The summed E-state index contributed by atoms with van der Waals surface area (Å²) in [6.45, 7) is 22.9. The van der Waals surface area contributed by atoms with Crippen LogP contribution in [0.3, 0.4) is 0 Å². The van der Waals surface area contributed by atoms with Gasteiger partial charge in [0, 0.05) is 89.4 Å². The molecule has 2 heterocycles. The van der Waals surface area contributed by atoms with Gasteiger partial charge in [0.15, 0.2) is 5.96 Å². The van der Waals surface area contributed by atoms with Crippen LogP contribution in [0.2, 0.25) is 0 Å². The van der Waals surface area contributed by atoms with E-state index in [0.29, 0.717) is 64.1 Å². The third kappa shape index (κ3) is 28.4. The second-order valence-electron chi connectivity index (χ2n) is 22.6. The molecular weight excluding hydrogens is 1020 g/mol. The number of hydrogen-bond acceptors (Lipinski definition) is 20. The van der Waals surface area contributed by atoms with Gasteiger partial charge in [0.25, 0.3) is 5.91 Å². The minimum atomic E-state index is -4.29. The molecule has 25 nitrogen and oxygen atoms in total. The molecule has 0 aliphatic carbocycles. The average molecular weight is 1110 g/mol. The topological polar surface area (TPSA) is 314 Å². The molecule has 2 atom stereocenters. The Bertz CT molecular complexity index is 2220. The minimum absolute atomic E-state index is 0.0196. The maximum atomic E-state index is 13.9. The molecule has 1 aromatic rings. The first-order chi connectivity index (χ1) is 35.8. The number of esters is 3. The maximum absolute atomic E-state index is 13.9. The number of nitrogens with one attached hydrogen (secondary N) is 6. The molecule has 77 heavy (non-hydrogen) atoms. The Labute approximate surface area is 454 Å². The Morgan fingerprint density at radius 3 is 1.86 bits per heavy atom. The van der Waals surface area contributed by atoms with Crippen LogP contribution >= 0.6 is 0 Å². The zero-order valence-corrected chi connectivity index (χ0v) is 47.8. The summed E-state index contributed by atoms with van der Waals surface area (Å²) in [5.41, 5.74) is -2.86. The highest BCUT2D eigenvalue weighted by molar-refractivity contribution is 7.89. The van der Waals surface area contributed by atoms with Gasteiger partial charge in [-0.05, 0) is 99.4 Å². The van der Waals surface area contributed by atoms with Crippen molar-refractivity contribution in [3.8, 4) is 5.75 Å². The number of ether oxygens (including phenoxy) is 5. The van der Waals surface area contributed by atoms with E-state index in [-0.39, 0.29) is 44.6 Å². The number of carbonyl (C=O) groups excluding carboxylic acids is 6. The van der Waals surface area contributed by atoms with E-state index in [2.05, 4.69) is 31.6 Å². The lowest BCUT2D eigenvalue weighted by molar-refractivity contribution is -0.163. The number of hydrogen-bond donors (Lipinski definition) is 7. The predicted molar refractivity (Wildman–Crippen MR) is 287 cm³/mol. The van der Waals surface area contributed by atoms with E-state index in [1.165, 1.54) is 12.1 Å². The SMILES string of the molecule is CC(C)(CNC(=O)CCC(C(=O)OC(C)(C)C)N1CCN(CC(=O)OC(C)(C)C)CCN(CC(=O)OC(C)(C)C)CC1)COC(=O)NCCS(=O)(=O)NC(CNC(=O)c1ccc(OCCNC2=NCCCN2)cc1)C(=O)O. The first kappa shape index (κ1) is 65.5. The van der Waals surface area contributed by atoms with Crippen molar-refractivity contribution in [1.29, 1.82) is 0 Å². The van der Waals surface area contributed by atoms with Gasteiger partial charge in [0.05, 0.1) is 32.0 Å². The summed E-state index contributed by atoms with van der Waals surface area (Å²) in [6.07, 6.45) is -0.00307. The van der Waals surface area contributed by atoms with E-state index < -0.39 is 105 Å².